The first-order valence-electron chi connectivity index (χ1n) is 14.2. The quantitative estimate of drug-likeness (QED) is 0.224. The first kappa shape index (κ1) is 28.4. The first-order chi connectivity index (χ1) is 21.4. The van der Waals surface area contributed by atoms with Gasteiger partial charge in [-0.05, 0) is 60.5 Å². The van der Waals surface area contributed by atoms with Crippen molar-refractivity contribution in [2.75, 3.05) is 23.9 Å². The van der Waals surface area contributed by atoms with Crippen molar-refractivity contribution in [1.29, 1.82) is 0 Å². The van der Waals surface area contributed by atoms with Crippen molar-refractivity contribution >= 4 is 45.8 Å². The topological polar surface area (TPSA) is 112 Å². The zero-order valence-corrected chi connectivity index (χ0v) is 24.2. The monoisotopic (exact) mass is 586 g/mol. The predicted molar refractivity (Wildman–Crippen MR) is 168 cm³/mol. The fraction of sp³-hybridized carbons (Fsp3) is 0.143. The number of benzene rings is 4. The van der Waals surface area contributed by atoms with Gasteiger partial charge in [0.2, 0.25) is 5.91 Å². The van der Waals surface area contributed by atoms with Crippen molar-refractivity contribution in [3.05, 3.63) is 126 Å². The Balaban J connectivity index is 1.44. The minimum atomic E-state index is -1.09. The Morgan fingerprint density at radius 1 is 0.909 bits per heavy atom. The maximum absolute atomic E-state index is 14.4. The standard InChI is InChI=1S/C35H30N4O5/c1-22-9-3-4-10-23(22)20-39(31(40)21-38-30-14-8-6-12-27(30)33(41)35(38)43)32(28-19-36-29-13-7-5-11-26(28)29)34(42)37-24-15-17-25(44-2)18-16-24/h3-19,32,36H,20-21H2,1-2H3,(H,37,42)/t32-/m1/s1. The number of aromatic nitrogens is 1. The van der Waals surface area contributed by atoms with Crippen molar-refractivity contribution in [1.82, 2.24) is 9.88 Å². The smallest absolute Gasteiger partial charge is 0.299 e. The van der Waals surface area contributed by atoms with E-state index in [4.69, 9.17) is 4.74 Å². The summed E-state index contributed by atoms with van der Waals surface area (Å²) in [6.45, 7) is 1.61. The summed E-state index contributed by atoms with van der Waals surface area (Å²) < 4.78 is 5.25. The lowest BCUT2D eigenvalue weighted by atomic mass is 10.0. The van der Waals surface area contributed by atoms with E-state index in [0.717, 1.165) is 22.0 Å². The van der Waals surface area contributed by atoms with Gasteiger partial charge in [-0.15, -0.1) is 0 Å². The molecule has 1 atom stereocenters. The average Bonchev–Trinajstić information content (AvgIpc) is 3.57. The van der Waals surface area contributed by atoms with E-state index in [1.807, 2.05) is 55.5 Å². The van der Waals surface area contributed by atoms with E-state index in [-0.39, 0.29) is 12.1 Å². The van der Waals surface area contributed by atoms with Crippen LogP contribution in [0.25, 0.3) is 10.9 Å². The summed E-state index contributed by atoms with van der Waals surface area (Å²) in [7, 11) is 1.56. The van der Waals surface area contributed by atoms with E-state index < -0.39 is 36.1 Å². The number of rotatable bonds is 9. The van der Waals surface area contributed by atoms with Crippen molar-refractivity contribution in [3.8, 4) is 5.75 Å². The van der Waals surface area contributed by atoms with Crippen LogP contribution >= 0.6 is 0 Å². The van der Waals surface area contributed by atoms with Crippen LogP contribution in [0.3, 0.4) is 0 Å². The zero-order valence-electron chi connectivity index (χ0n) is 24.2. The number of ether oxygens (including phenoxy) is 1. The molecule has 5 aromatic rings. The van der Waals surface area contributed by atoms with Gasteiger partial charge in [-0.25, -0.2) is 0 Å². The highest BCUT2D eigenvalue weighted by Crippen LogP contribution is 2.33. The molecule has 1 aliphatic heterocycles. The average molecular weight is 587 g/mol. The third-order valence-electron chi connectivity index (χ3n) is 7.93. The predicted octanol–water partition coefficient (Wildman–Crippen LogP) is 5.42. The van der Waals surface area contributed by atoms with E-state index in [1.54, 1.807) is 61.8 Å². The second kappa shape index (κ2) is 11.9. The van der Waals surface area contributed by atoms with E-state index in [1.165, 1.54) is 9.80 Å². The number of carbonyl (C=O) groups excluding carboxylic acids is 4. The van der Waals surface area contributed by atoms with E-state index in [9.17, 15) is 19.2 Å². The third-order valence-corrected chi connectivity index (χ3v) is 7.93. The Bertz CT molecular complexity index is 1900. The largest absolute Gasteiger partial charge is 0.497 e. The maximum Gasteiger partial charge on any atom is 0.299 e. The number of aryl methyl sites for hydroxylation is 1. The van der Waals surface area contributed by atoms with Crippen LogP contribution in [0.5, 0.6) is 5.75 Å². The van der Waals surface area contributed by atoms with Crippen molar-refractivity contribution in [2.45, 2.75) is 19.5 Å². The summed E-state index contributed by atoms with van der Waals surface area (Å²) in [5.74, 6) is -1.74. The Morgan fingerprint density at radius 2 is 1.61 bits per heavy atom. The molecule has 3 amide bonds. The third kappa shape index (κ3) is 5.31. The SMILES string of the molecule is COc1ccc(NC(=O)[C@@H](c2c[nH]c3ccccc23)N(Cc2ccccc2C)C(=O)CN2C(=O)C(=O)c3ccccc32)cc1. The van der Waals surface area contributed by atoms with Crippen LogP contribution in [-0.2, 0) is 20.9 Å². The Hall–Kier alpha value is -5.70. The summed E-state index contributed by atoms with van der Waals surface area (Å²) >= 11 is 0. The van der Waals surface area contributed by atoms with Gasteiger partial charge in [-0.2, -0.15) is 0 Å². The molecule has 44 heavy (non-hydrogen) atoms. The number of hydrogen-bond acceptors (Lipinski definition) is 5. The van der Waals surface area contributed by atoms with Gasteiger partial charge in [0.1, 0.15) is 18.3 Å². The van der Waals surface area contributed by atoms with Crippen LogP contribution in [0.15, 0.2) is 103 Å². The number of amides is 3. The lowest BCUT2D eigenvalue weighted by Crippen LogP contribution is -2.46. The molecule has 9 nitrogen and oxygen atoms in total. The fourth-order valence-corrected chi connectivity index (χ4v) is 5.58. The van der Waals surface area contributed by atoms with Crippen molar-refractivity contribution < 1.29 is 23.9 Å². The molecular formula is C35H30N4O5. The second-order valence-corrected chi connectivity index (χ2v) is 10.6. The number of ketones is 1. The summed E-state index contributed by atoms with van der Waals surface area (Å²) in [6, 6.07) is 27.6. The summed E-state index contributed by atoms with van der Waals surface area (Å²) in [4.78, 5) is 60.4. The van der Waals surface area contributed by atoms with E-state index in [2.05, 4.69) is 10.3 Å². The van der Waals surface area contributed by atoms with E-state index >= 15 is 0 Å². The molecule has 2 heterocycles. The molecule has 0 bridgehead atoms. The Morgan fingerprint density at radius 3 is 2.39 bits per heavy atom. The minimum Gasteiger partial charge on any atom is -0.497 e. The van der Waals surface area contributed by atoms with Gasteiger partial charge in [0.05, 0.1) is 18.4 Å². The number of anilines is 2. The number of H-pyrrole nitrogens is 1. The number of para-hydroxylation sites is 2. The van der Waals surface area contributed by atoms with E-state index in [0.29, 0.717) is 22.7 Å². The van der Waals surface area contributed by atoms with Crippen LogP contribution in [0.2, 0.25) is 0 Å². The molecule has 9 heteroatoms. The second-order valence-electron chi connectivity index (χ2n) is 10.6. The lowest BCUT2D eigenvalue weighted by molar-refractivity contribution is -0.139. The number of Topliss-reactive ketones (excluding diaryl/α,β-unsaturated/α-hetero) is 1. The molecule has 220 valence electrons. The summed E-state index contributed by atoms with van der Waals surface area (Å²) in [5.41, 5.74) is 4.33. The molecule has 0 aliphatic carbocycles. The highest BCUT2D eigenvalue weighted by molar-refractivity contribution is 6.52. The minimum absolute atomic E-state index is 0.0866. The van der Waals surface area contributed by atoms with Crippen molar-refractivity contribution in [2.24, 2.45) is 0 Å². The van der Waals surface area contributed by atoms with Gasteiger partial charge in [0.25, 0.3) is 17.6 Å². The van der Waals surface area contributed by atoms with Crippen LogP contribution in [-0.4, -0.2) is 47.0 Å². The van der Waals surface area contributed by atoms with Gasteiger partial charge in [-0.1, -0.05) is 54.6 Å². The lowest BCUT2D eigenvalue weighted by Gasteiger charge is -2.33. The first-order valence-corrected chi connectivity index (χ1v) is 14.2. The Kier molecular flexibility index (Phi) is 7.68. The molecule has 4 aromatic carbocycles. The number of carbonyl (C=O) groups is 4. The van der Waals surface area contributed by atoms with Gasteiger partial charge in [-0.3, -0.25) is 24.1 Å². The maximum atomic E-state index is 14.4. The normalized spacial score (nSPS) is 13.1. The van der Waals surface area contributed by atoms with Crippen molar-refractivity contribution in [3.63, 3.8) is 0 Å². The number of hydrogen-bond donors (Lipinski definition) is 2. The molecule has 0 spiro atoms. The van der Waals surface area contributed by atoms with Crippen LogP contribution < -0.4 is 15.0 Å². The number of nitrogens with one attached hydrogen (secondary N) is 2. The summed E-state index contributed by atoms with van der Waals surface area (Å²) in [6.07, 6.45) is 1.74. The molecule has 0 radical (unpaired) electrons. The van der Waals surface area contributed by atoms with Crippen LogP contribution in [0.1, 0.15) is 33.1 Å². The fourth-order valence-electron chi connectivity index (χ4n) is 5.58. The molecule has 1 aliphatic rings. The highest BCUT2D eigenvalue weighted by atomic mass is 16.5. The number of methoxy groups -OCH3 is 1. The molecule has 2 N–H and O–H groups in total. The van der Waals surface area contributed by atoms with Gasteiger partial charge in [0, 0.05) is 34.9 Å². The molecule has 1 aromatic heterocycles. The van der Waals surface area contributed by atoms with Gasteiger partial charge >= 0.3 is 0 Å². The van der Waals surface area contributed by atoms with Gasteiger partial charge < -0.3 is 19.9 Å². The highest BCUT2D eigenvalue weighted by Gasteiger charge is 2.40. The molecule has 0 fully saturated rings. The molecule has 0 saturated carbocycles. The van der Waals surface area contributed by atoms with Gasteiger partial charge in [0.15, 0.2) is 0 Å². The number of fused-ring (bicyclic) bond motifs is 2. The molecule has 6 rings (SSSR count). The number of nitrogens with zero attached hydrogens (tertiary/aromatic N) is 2. The molecule has 0 unspecified atom stereocenters. The number of aromatic amines is 1. The summed E-state index contributed by atoms with van der Waals surface area (Å²) in [5, 5.41) is 3.75. The van der Waals surface area contributed by atoms with Crippen LogP contribution in [0.4, 0.5) is 11.4 Å². The molecule has 0 saturated heterocycles. The van der Waals surface area contributed by atoms with Crippen LogP contribution in [0, 0.1) is 6.92 Å². The zero-order chi connectivity index (χ0) is 30.8. The molecular weight excluding hydrogens is 556 g/mol. The Labute approximate surface area is 254 Å².